The van der Waals surface area contributed by atoms with Gasteiger partial charge in [-0.3, -0.25) is 9.59 Å². The first-order chi connectivity index (χ1) is 16.6. The van der Waals surface area contributed by atoms with E-state index in [9.17, 15) is 9.59 Å². The Labute approximate surface area is 201 Å². The molecule has 0 aliphatic rings. The van der Waals surface area contributed by atoms with Gasteiger partial charge in [-0.1, -0.05) is 42.5 Å². The van der Waals surface area contributed by atoms with Gasteiger partial charge in [0.15, 0.2) is 0 Å². The number of nitrogens with one attached hydrogen (secondary N) is 2. The average molecular weight is 470 g/mol. The van der Waals surface area contributed by atoms with E-state index in [1.54, 1.807) is 49.6 Å². The molecule has 0 atom stereocenters. The van der Waals surface area contributed by atoms with Crippen LogP contribution in [0.15, 0.2) is 90.3 Å². The van der Waals surface area contributed by atoms with Crippen LogP contribution in [0.25, 0.3) is 16.6 Å². The Balaban J connectivity index is 1.27. The van der Waals surface area contributed by atoms with Gasteiger partial charge in [-0.15, -0.1) is 11.3 Å². The fourth-order valence-corrected chi connectivity index (χ4v) is 3.93. The second kappa shape index (κ2) is 11.1. The number of hydrogen-bond donors (Lipinski definition) is 2. The zero-order valence-electron chi connectivity index (χ0n) is 18.5. The summed E-state index contributed by atoms with van der Waals surface area (Å²) in [5.74, 6) is 0.306. The summed E-state index contributed by atoms with van der Waals surface area (Å²) in [5.41, 5.74) is 3.90. The lowest BCUT2D eigenvalue weighted by molar-refractivity contribution is -0.116. The summed E-state index contributed by atoms with van der Waals surface area (Å²) in [6.07, 6.45) is 3.17. The number of ether oxygens (including phenoxy) is 1. The third kappa shape index (κ3) is 6.17. The summed E-state index contributed by atoms with van der Waals surface area (Å²) in [4.78, 5) is 29.2. The van der Waals surface area contributed by atoms with Crippen molar-refractivity contribution in [3.05, 3.63) is 107 Å². The molecule has 170 valence electrons. The van der Waals surface area contributed by atoms with Gasteiger partial charge in [0, 0.05) is 34.8 Å². The molecule has 1 aromatic heterocycles. The van der Waals surface area contributed by atoms with E-state index >= 15 is 0 Å². The summed E-state index contributed by atoms with van der Waals surface area (Å²) in [6, 6.07) is 24.2. The van der Waals surface area contributed by atoms with Crippen molar-refractivity contribution >= 4 is 34.9 Å². The maximum Gasteiger partial charge on any atom is 0.255 e. The van der Waals surface area contributed by atoms with E-state index in [-0.39, 0.29) is 11.8 Å². The van der Waals surface area contributed by atoms with Crippen molar-refractivity contribution in [1.29, 1.82) is 0 Å². The first-order valence-electron chi connectivity index (χ1n) is 10.6. The Morgan fingerprint density at radius 3 is 2.41 bits per heavy atom. The lowest BCUT2D eigenvalue weighted by Gasteiger charge is -2.07. The number of anilines is 1. The molecule has 34 heavy (non-hydrogen) atoms. The molecule has 0 saturated carbocycles. The molecule has 0 aliphatic heterocycles. The zero-order valence-corrected chi connectivity index (χ0v) is 19.3. The number of hydrogen-bond acceptors (Lipinski definition) is 5. The monoisotopic (exact) mass is 469 g/mol. The predicted molar refractivity (Wildman–Crippen MR) is 136 cm³/mol. The third-order valence-corrected chi connectivity index (χ3v) is 5.89. The highest BCUT2D eigenvalue weighted by Crippen LogP contribution is 2.23. The van der Waals surface area contributed by atoms with Gasteiger partial charge in [-0.2, -0.15) is 0 Å². The summed E-state index contributed by atoms with van der Waals surface area (Å²) in [7, 11) is 1.59. The highest BCUT2D eigenvalue weighted by Gasteiger charge is 2.07. The van der Waals surface area contributed by atoms with Crippen molar-refractivity contribution in [3.8, 4) is 16.3 Å². The first kappa shape index (κ1) is 22.9. The Bertz CT molecular complexity index is 1280. The highest BCUT2D eigenvalue weighted by molar-refractivity contribution is 7.13. The van der Waals surface area contributed by atoms with Crippen LogP contribution in [0.4, 0.5) is 5.69 Å². The van der Waals surface area contributed by atoms with Gasteiger partial charge < -0.3 is 15.4 Å². The Hall–Kier alpha value is -4.23. The van der Waals surface area contributed by atoms with Gasteiger partial charge in [0.1, 0.15) is 10.8 Å². The lowest BCUT2D eigenvalue weighted by Crippen LogP contribution is -2.20. The number of methoxy groups -OCH3 is 1. The molecule has 2 amide bonds. The molecule has 0 saturated heterocycles. The molecular weight excluding hydrogens is 446 g/mol. The van der Waals surface area contributed by atoms with E-state index in [2.05, 4.69) is 15.6 Å². The molecule has 0 aliphatic carbocycles. The van der Waals surface area contributed by atoms with Crippen molar-refractivity contribution in [2.75, 3.05) is 12.4 Å². The van der Waals surface area contributed by atoms with Crippen LogP contribution in [-0.2, 0) is 11.3 Å². The summed E-state index contributed by atoms with van der Waals surface area (Å²) in [6.45, 7) is 0.357. The summed E-state index contributed by atoms with van der Waals surface area (Å²) in [5, 5.41) is 8.52. The van der Waals surface area contributed by atoms with Gasteiger partial charge in [0.05, 0.1) is 12.8 Å². The molecule has 0 fully saturated rings. The van der Waals surface area contributed by atoms with Crippen LogP contribution in [0.5, 0.6) is 5.75 Å². The van der Waals surface area contributed by atoms with Gasteiger partial charge in [0.25, 0.3) is 5.91 Å². The van der Waals surface area contributed by atoms with Gasteiger partial charge >= 0.3 is 0 Å². The maximum atomic E-state index is 12.4. The van der Waals surface area contributed by atoms with Crippen LogP contribution in [0.3, 0.4) is 0 Å². The van der Waals surface area contributed by atoms with Gasteiger partial charge in [-0.25, -0.2) is 4.98 Å². The van der Waals surface area contributed by atoms with E-state index in [4.69, 9.17) is 4.74 Å². The second-order valence-corrected chi connectivity index (χ2v) is 8.23. The standard InChI is InChI=1S/C27H23N3O3S/c1-33-24-14-11-22(12-15-24)29-26(32)20-9-7-19(8-10-20)17-28-25(31)16-13-23-18-34-27(30-23)21-5-3-2-4-6-21/h2-16,18H,17H2,1H3,(H,28,31)(H,29,32)/b16-13+. The third-order valence-electron chi connectivity index (χ3n) is 4.98. The number of amides is 2. The number of nitrogens with zero attached hydrogens (tertiary/aromatic N) is 1. The number of thiazole rings is 1. The predicted octanol–water partition coefficient (Wildman–Crippen LogP) is 5.40. The minimum absolute atomic E-state index is 0.207. The molecule has 3 aromatic carbocycles. The molecule has 0 spiro atoms. The minimum atomic E-state index is -0.212. The van der Waals surface area contributed by atoms with E-state index < -0.39 is 0 Å². The van der Waals surface area contributed by atoms with E-state index in [1.807, 2.05) is 47.8 Å². The van der Waals surface area contributed by atoms with Gasteiger partial charge in [-0.05, 0) is 48.0 Å². The normalized spacial score (nSPS) is 10.7. The molecule has 2 N–H and O–H groups in total. The molecule has 1 heterocycles. The van der Waals surface area contributed by atoms with Crippen molar-refractivity contribution < 1.29 is 14.3 Å². The molecule has 0 radical (unpaired) electrons. The van der Waals surface area contributed by atoms with Crippen molar-refractivity contribution in [3.63, 3.8) is 0 Å². The Morgan fingerprint density at radius 2 is 1.71 bits per heavy atom. The number of rotatable bonds is 8. The molecule has 7 heteroatoms. The zero-order chi connectivity index (χ0) is 23.8. The molecular formula is C27H23N3O3S. The molecule has 4 aromatic rings. The Morgan fingerprint density at radius 1 is 0.971 bits per heavy atom. The summed E-state index contributed by atoms with van der Waals surface area (Å²) < 4.78 is 5.12. The van der Waals surface area contributed by atoms with E-state index in [0.29, 0.717) is 17.8 Å². The molecule has 6 nitrogen and oxygen atoms in total. The van der Waals surface area contributed by atoms with Crippen LogP contribution in [0, 0.1) is 0 Å². The Kier molecular flexibility index (Phi) is 7.47. The SMILES string of the molecule is COc1ccc(NC(=O)c2ccc(CNC(=O)/C=C/c3csc(-c4ccccc4)n3)cc2)cc1. The number of carbonyl (C=O) groups excluding carboxylic acids is 2. The van der Waals surface area contributed by atoms with E-state index in [1.165, 1.54) is 17.4 Å². The van der Waals surface area contributed by atoms with Crippen molar-refractivity contribution in [1.82, 2.24) is 10.3 Å². The average Bonchev–Trinajstić information content (AvgIpc) is 3.37. The fraction of sp³-hybridized carbons (Fsp3) is 0.0741. The van der Waals surface area contributed by atoms with Crippen molar-refractivity contribution in [2.45, 2.75) is 6.54 Å². The van der Waals surface area contributed by atoms with Crippen LogP contribution >= 0.6 is 11.3 Å². The highest BCUT2D eigenvalue weighted by atomic mass is 32.1. The molecule has 0 unspecified atom stereocenters. The topological polar surface area (TPSA) is 80.3 Å². The second-order valence-electron chi connectivity index (χ2n) is 7.37. The fourth-order valence-electron chi connectivity index (χ4n) is 3.14. The number of carbonyl (C=O) groups is 2. The van der Waals surface area contributed by atoms with E-state index in [0.717, 1.165) is 27.6 Å². The van der Waals surface area contributed by atoms with Crippen LogP contribution in [0.1, 0.15) is 21.6 Å². The van der Waals surface area contributed by atoms with Crippen LogP contribution in [0.2, 0.25) is 0 Å². The number of benzene rings is 3. The van der Waals surface area contributed by atoms with Crippen LogP contribution in [-0.4, -0.2) is 23.9 Å². The molecule has 0 bridgehead atoms. The quantitative estimate of drug-likeness (QED) is 0.339. The minimum Gasteiger partial charge on any atom is -0.497 e. The van der Waals surface area contributed by atoms with Crippen molar-refractivity contribution in [2.24, 2.45) is 0 Å². The van der Waals surface area contributed by atoms with Gasteiger partial charge in [0.2, 0.25) is 5.91 Å². The maximum absolute atomic E-state index is 12.4. The number of aromatic nitrogens is 1. The largest absolute Gasteiger partial charge is 0.497 e. The first-order valence-corrected chi connectivity index (χ1v) is 11.5. The smallest absolute Gasteiger partial charge is 0.255 e. The summed E-state index contributed by atoms with van der Waals surface area (Å²) >= 11 is 1.54. The molecule has 4 rings (SSSR count). The lowest BCUT2D eigenvalue weighted by atomic mass is 10.1. The van der Waals surface area contributed by atoms with Crippen LogP contribution < -0.4 is 15.4 Å².